The summed E-state index contributed by atoms with van der Waals surface area (Å²) >= 11 is 0. The Labute approximate surface area is 175 Å². The minimum Gasteiger partial charge on any atom is -0.385 e. The molecule has 1 aliphatic carbocycles. The van der Waals surface area contributed by atoms with E-state index in [-0.39, 0.29) is 0 Å². The van der Waals surface area contributed by atoms with Crippen molar-refractivity contribution in [2.75, 3.05) is 17.2 Å². The van der Waals surface area contributed by atoms with Gasteiger partial charge in [0.05, 0.1) is 17.6 Å². The minimum absolute atomic E-state index is 0.723. The van der Waals surface area contributed by atoms with Gasteiger partial charge in [-0.2, -0.15) is 0 Å². The maximum absolute atomic E-state index is 4.66. The Morgan fingerprint density at radius 3 is 2.87 bits per heavy atom. The Bertz CT molecular complexity index is 1270. The lowest BCUT2D eigenvalue weighted by atomic mass is 10.1. The van der Waals surface area contributed by atoms with Crippen molar-refractivity contribution in [2.45, 2.75) is 13.3 Å². The standard InChI is InChI=1S/C24H22N6/c1-2-25-19-6-3-7-20(15-19)29-23-24-28-16-22(30(24)14-13-27-23)18-9-8-17-5-4-12-26-21(17)11-10-18/h3-10,12-16,25H,2,11H2,1H3,(H,27,29). The first-order chi connectivity index (χ1) is 14.8. The number of aromatic nitrogens is 4. The lowest BCUT2D eigenvalue weighted by Crippen LogP contribution is -2.01. The van der Waals surface area contributed by atoms with Crippen molar-refractivity contribution in [3.63, 3.8) is 0 Å². The van der Waals surface area contributed by atoms with Crippen LogP contribution in [-0.2, 0) is 6.42 Å². The molecule has 0 aliphatic heterocycles. The van der Waals surface area contributed by atoms with Gasteiger partial charge in [0.15, 0.2) is 11.5 Å². The molecule has 1 aliphatic rings. The fraction of sp³-hybridized carbons (Fsp3) is 0.125. The van der Waals surface area contributed by atoms with Crippen LogP contribution in [0.15, 0.2) is 73.3 Å². The second kappa shape index (κ2) is 7.83. The Balaban J connectivity index is 1.49. The summed E-state index contributed by atoms with van der Waals surface area (Å²) < 4.78 is 2.07. The number of rotatable bonds is 5. The van der Waals surface area contributed by atoms with Crippen molar-refractivity contribution in [2.24, 2.45) is 0 Å². The first-order valence-corrected chi connectivity index (χ1v) is 10.1. The Morgan fingerprint density at radius 1 is 1.00 bits per heavy atom. The fourth-order valence-electron chi connectivity index (χ4n) is 3.69. The van der Waals surface area contributed by atoms with Gasteiger partial charge in [-0.05, 0) is 42.3 Å². The highest BCUT2D eigenvalue weighted by Crippen LogP contribution is 2.27. The molecular formula is C24H22N6. The molecule has 5 rings (SSSR count). The Hall–Kier alpha value is -3.93. The van der Waals surface area contributed by atoms with E-state index in [0.717, 1.165) is 58.3 Å². The lowest BCUT2D eigenvalue weighted by molar-refractivity contribution is 1.09. The number of hydrogen-bond donors (Lipinski definition) is 2. The van der Waals surface area contributed by atoms with Gasteiger partial charge in [-0.25, -0.2) is 9.97 Å². The molecule has 148 valence electrons. The predicted octanol–water partition coefficient (Wildman–Crippen LogP) is 4.95. The zero-order valence-electron chi connectivity index (χ0n) is 16.7. The summed E-state index contributed by atoms with van der Waals surface area (Å²) in [6.45, 7) is 2.96. The Kier molecular flexibility index (Phi) is 4.73. The van der Waals surface area contributed by atoms with Crippen LogP contribution in [0.4, 0.5) is 17.2 Å². The van der Waals surface area contributed by atoms with E-state index >= 15 is 0 Å². The first kappa shape index (κ1) is 18.1. The van der Waals surface area contributed by atoms with Crippen molar-refractivity contribution in [3.05, 3.63) is 90.3 Å². The molecule has 2 N–H and O–H groups in total. The SMILES string of the molecule is CCNc1cccc(Nc2nccn3c(C4=CCc5ncccc5C=C4)cnc23)c1. The van der Waals surface area contributed by atoms with Crippen LogP contribution in [0, 0.1) is 0 Å². The van der Waals surface area contributed by atoms with Crippen molar-refractivity contribution in [1.82, 2.24) is 19.4 Å². The van der Waals surface area contributed by atoms with Crippen molar-refractivity contribution in [3.8, 4) is 0 Å². The highest BCUT2D eigenvalue weighted by molar-refractivity contribution is 5.82. The highest BCUT2D eigenvalue weighted by Gasteiger charge is 2.13. The second-order valence-electron chi connectivity index (χ2n) is 7.09. The molecule has 0 radical (unpaired) electrons. The highest BCUT2D eigenvalue weighted by atomic mass is 15.1. The van der Waals surface area contributed by atoms with E-state index in [9.17, 15) is 0 Å². The van der Waals surface area contributed by atoms with Crippen LogP contribution >= 0.6 is 0 Å². The molecule has 0 spiro atoms. The molecule has 0 saturated heterocycles. The van der Waals surface area contributed by atoms with E-state index < -0.39 is 0 Å². The smallest absolute Gasteiger partial charge is 0.180 e. The molecule has 0 atom stereocenters. The van der Waals surface area contributed by atoms with Crippen LogP contribution in [0.25, 0.3) is 17.3 Å². The van der Waals surface area contributed by atoms with E-state index in [4.69, 9.17) is 0 Å². The molecular weight excluding hydrogens is 372 g/mol. The van der Waals surface area contributed by atoms with Gasteiger partial charge in [0, 0.05) is 42.9 Å². The van der Waals surface area contributed by atoms with Crippen LogP contribution in [0.2, 0.25) is 0 Å². The quantitative estimate of drug-likeness (QED) is 0.501. The monoisotopic (exact) mass is 394 g/mol. The van der Waals surface area contributed by atoms with E-state index in [1.807, 2.05) is 42.9 Å². The van der Waals surface area contributed by atoms with Gasteiger partial charge in [0.25, 0.3) is 0 Å². The number of pyridine rings is 1. The number of allylic oxidation sites excluding steroid dienone is 3. The van der Waals surface area contributed by atoms with Gasteiger partial charge in [-0.15, -0.1) is 0 Å². The van der Waals surface area contributed by atoms with Gasteiger partial charge in [-0.1, -0.05) is 30.4 Å². The fourth-order valence-corrected chi connectivity index (χ4v) is 3.69. The van der Waals surface area contributed by atoms with Crippen molar-refractivity contribution in [1.29, 1.82) is 0 Å². The van der Waals surface area contributed by atoms with Gasteiger partial charge in [-0.3, -0.25) is 9.38 Å². The number of anilines is 3. The summed E-state index contributed by atoms with van der Waals surface area (Å²) in [5.74, 6) is 0.723. The molecule has 3 aromatic heterocycles. The van der Waals surface area contributed by atoms with Crippen LogP contribution in [0.5, 0.6) is 0 Å². The second-order valence-corrected chi connectivity index (χ2v) is 7.09. The van der Waals surface area contributed by atoms with Crippen LogP contribution < -0.4 is 10.6 Å². The molecule has 1 aromatic carbocycles. The van der Waals surface area contributed by atoms with E-state index in [1.54, 1.807) is 6.20 Å². The van der Waals surface area contributed by atoms with Gasteiger partial charge < -0.3 is 10.6 Å². The minimum atomic E-state index is 0.723. The lowest BCUT2D eigenvalue weighted by Gasteiger charge is -2.10. The summed E-state index contributed by atoms with van der Waals surface area (Å²) in [5.41, 5.74) is 7.21. The Morgan fingerprint density at radius 2 is 1.93 bits per heavy atom. The molecule has 3 heterocycles. The number of nitrogens with zero attached hydrogens (tertiary/aromatic N) is 4. The van der Waals surface area contributed by atoms with E-state index in [1.165, 1.54) is 0 Å². The number of imidazole rings is 1. The summed E-state index contributed by atoms with van der Waals surface area (Å²) in [4.78, 5) is 13.7. The van der Waals surface area contributed by atoms with Crippen LogP contribution in [0.3, 0.4) is 0 Å². The average Bonchev–Trinajstić information content (AvgIpc) is 3.09. The van der Waals surface area contributed by atoms with Gasteiger partial charge >= 0.3 is 0 Å². The van der Waals surface area contributed by atoms with E-state index in [0.29, 0.717) is 0 Å². The van der Waals surface area contributed by atoms with E-state index in [2.05, 4.69) is 67.3 Å². The summed E-state index contributed by atoms with van der Waals surface area (Å²) in [7, 11) is 0. The maximum Gasteiger partial charge on any atom is 0.180 e. The molecule has 30 heavy (non-hydrogen) atoms. The molecule has 6 heteroatoms. The largest absolute Gasteiger partial charge is 0.385 e. The third-order valence-corrected chi connectivity index (χ3v) is 5.11. The van der Waals surface area contributed by atoms with Crippen LogP contribution in [0.1, 0.15) is 23.9 Å². The molecule has 0 amide bonds. The summed E-state index contributed by atoms with van der Waals surface area (Å²) in [6, 6.07) is 12.2. The predicted molar refractivity (Wildman–Crippen MR) is 122 cm³/mol. The third-order valence-electron chi connectivity index (χ3n) is 5.11. The molecule has 0 fully saturated rings. The maximum atomic E-state index is 4.66. The third kappa shape index (κ3) is 3.43. The molecule has 0 unspecified atom stereocenters. The normalized spacial score (nSPS) is 12.9. The van der Waals surface area contributed by atoms with Gasteiger partial charge in [0.1, 0.15) is 0 Å². The van der Waals surface area contributed by atoms with Crippen LogP contribution in [-0.4, -0.2) is 25.9 Å². The zero-order valence-corrected chi connectivity index (χ0v) is 16.7. The summed E-state index contributed by atoms with van der Waals surface area (Å²) in [5, 5.41) is 6.74. The van der Waals surface area contributed by atoms with Crippen molar-refractivity contribution < 1.29 is 0 Å². The van der Waals surface area contributed by atoms with Crippen molar-refractivity contribution >= 4 is 34.5 Å². The van der Waals surface area contributed by atoms with Gasteiger partial charge in [0.2, 0.25) is 0 Å². The molecule has 4 aromatic rings. The number of nitrogens with one attached hydrogen (secondary N) is 2. The number of fused-ring (bicyclic) bond motifs is 2. The molecule has 0 bridgehead atoms. The topological polar surface area (TPSA) is 67.1 Å². The molecule has 6 nitrogen and oxygen atoms in total. The zero-order chi connectivity index (χ0) is 20.3. The first-order valence-electron chi connectivity index (χ1n) is 10.1. The number of benzene rings is 1. The summed E-state index contributed by atoms with van der Waals surface area (Å²) in [6.07, 6.45) is 14.7. The average molecular weight is 394 g/mol. The molecule has 0 saturated carbocycles. The number of hydrogen-bond acceptors (Lipinski definition) is 5.